The number of rotatable bonds is 2. The van der Waals surface area contributed by atoms with Gasteiger partial charge in [0.1, 0.15) is 10.2 Å². The van der Waals surface area contributed by atoms with Gasteiger partial charge in [-0.2, -0.15) is 0 Å². The molecule has 1 saturated heterocycles. The maximum absolute atomic E-state index is 12.1. The van der Waals surface area contributed by atoms with Crippen LogP contribution in [0.4, 0.5) is 4.79 Å². The first kappa shape index (κ1) is 17.3. The van der Waals surface area contributed by atoms with Gasteiger partial charge in [-0.15, -0.1) is 0 Å². The summed E-state index contributed by atoms with van der Waals surface area (Å²) in [5.74, 6) is 0.572. The van der Waals surface area contributed by atoms with Crippen LogP contribution in [-0.4, -0.2) is 39.2 Å². The zero-order chi connectivity index (χ0) is 17.3. The second kappa shape index (κ2) is 6.75. The summed E-state index contributed by atoms with van der Waals surface area (Å²) in [6, 6.07) is 4.16. The van der Waals surface area contributed by atoms with E-state index in [-0.39, 0.29) is 6.09 Å². The molecule has 0 radical (unpaired) electrons. The minimum Gasteiger partial charge on any atom is -0.444 e. The van der Waals surface area contributed by atoms with E-state index in [1.54, 1.807) is 0 Å². The fraction of sp³-hybridized carbons (Fsp3) is 0.556. The summed E-state index contributed by atoms with van der Waals surface area (Å²) >= 11 is 3.41. The first-order valence-electron chi connectivity index (χ1n) is 8.40. The van der Waals surface area contributed by atoms with Gasteiger partial charge in [-0.05, 0) is 67.6 Å². The fourth-order valence-electron chi connectivity index (χ4n) is 3.12. The second-order valence-electron chi connectivity index (χ2n) is 7.44. The SMILES string of the molecule is CC(C)(C)OC(=O)N1CCC(Cn2ccc3cc(Br)ncc32)CC1. The molecule has 1 fully saturated rings. The number of ether oxygens (including phenoxy) is 1. The second-order valence-corrected chi connectivity index (χ2v) is 8.26. The fourth-order valence-corrected chi connectivity index (χ4v) is 3.47. The lowest BCUT2D eigenvalue weighted by Crippen LogP contribution is -2.42. The first-order valence-corrected chi connectivity index (χ1v) is 9.19. The minimum absolute atomic E-state index is 0.193. The quantitative estimate of drug-likeness (QED) is 0.708. The Labute approximate surface area is 151 Å². The Balaban J connectivity index is 1.58. The highest BCUT2D eigenvalue weighted by Crippen LogP contribution is 2.24. The van der Waals surface area contributed by atoms with Crippen LogP contribution in [0.1, 0.15) is 33.6 Å². The molecule has 3 heterocycles. The number of hydrogen-bond acceptors (Lipinski definition) is 3. The summed E-state index contributed by atoms with van der Waals surface area (Å²) in [5, 5.41) is 1.20. The smallest absolute Gasteiger partial charge is 0.410 e. The van der Waals surface area contributed by atoms with Crippen molar-refractivity contribution in [2.75, 3.05) is 13.1 Å². The van der Waals surface area contributed by atoms with Gasteiger partial charge in [0.05, 0.1) is 11.7 Å². The number of amides is 1. The van der Waals surface area contributed by atoms with E-state index in [9.17, 15) is 4.79 Å². The highest BCUT2D eigenvalue weighted by Gasteiger charge is 2.27. The molecule has 6 heteroatoms. The third kappa shape index (κ3) is 4.09. The predicted molar refractivity (Wildman–Crippen MR) is 98.0 cm³/mol. The van der Waals surface area contributed by atoms with Crippen LogP contribution in [0.2, 0.25) is 0 Å². The van der Waals surface area contributed by atoms with Gasteiger partial charge < -0.3 is 14.2 Å². The van der Waals surface area contributed by atoms with Crippen molar-refractivity contribution >= 4 is 32.9 Å². The number of pyridine rings is 1. The van der Waals surface area contributed by atoms with Gasteiger partial charge in [0.2, 0.25) is 0 Å². The van der Waals surface area contributed by atoms with Gasteiger partial charge in [-0.25, -0.2) is 9.78 Å². The molecular formula is C18H24BrN3O2. The number of likely N-dealkylation sites (tertiary alicyclic amines) is 1. The summed E-state index contributed by atoms with van der Waals surface area (Å²) < 4.78 is 8.58. The van der Waals surface area contributed by atoms with E-state index in [1.807, 2.05) is 37.9 Å². The normalized spacial score (nSPS) is 16.6. The molecule has 5 nitrogen and oxygen atoms in total. The van der Waals surface area contributed by atoms with E-state index < -0.39 is 5.60 Å². The zero-order valence-corrected chi connectivity index (χ0v) is 16.0. The Morgan fingerprint density at radius 3 is 2.75 bits per heavy atom. The molecule has 0 saturated carbocycles. The standard InChI is InChI=1S/C18H24BrN3O2/c1-18(2,3)24-17(23)21-7-4-13(5-8-21)12-22-9-6-14-10-16(19)20-11-15(14)22/h6,9-11,13H,4-5,7-8,12H2,1-3H3. The number of aromatic nitrogens is 2. The molecule has 0 bridgehead atoms. The maximum atomic E-state index is 12.1. The topological polar surface area (TPSA) is 47.4 Å². The van der Waals surface area contributed by atoms with Crippen LogP contribution in [0.25, 0.3) is 10.9 Å². The van der Waals surface area contributed by atoms with Crippen molar-refractivity contribution in [3.63, 3.8) is 0 Å². The third-order valence-corrected chi connectivity index (χ3v) is 4.78. The maximum Gasteiger partial charge on any atom is 0.410 e. The molecule has 2 aromatic rings. The van der Waals surface area contributed by atoms with Crippen LogP contribution >= 0.6 is 15.9 Å². The molecule has 2 aromatic heterocycles. The molecule has 130 valence electrons. The molecule has 0 N–H and O–H groups in total. The summed E-state index contributed by atoms with van der Waals surface area (Å²) in [7, 11) is 0. The van der Waals surface area contributed by atoms with E-state index in [0.29, 0.717) is 5.92 Å². The minimum atomic E-state index is -0.431. The molecular weight excluding hydrogens is 370 g/mol. The van der Waals surface area contributed by atoms with E-state index >= 15 is 0 Å². The number of carbonyl (C=O) groups excluding carboxylic acids is 1. The van der Waals surface area contributed by atoms with Crippen LogP contribution in [0.15, 0.2) is 29.1 Å². The number of carbonyl (C=O) groups is 1. The molecule has 0 aromatic carbocycles. The molecule has 0 spiro atoms. The predicted octanol–water partition coefficient (Wildman–Crippen LogP) is 4.45. The largest absolute Gasteiger partial charge is 0.444 e. The van der Waals surface area contributed by atoms with Gasteiger partial charge in [0, 0.05) is 31.2 Å². The van der Waals surface area contributed by atoms with Crippen molar-refractivity contribution in [3.05, 3.63) is 29.1 Å². The van der Waals surface area contributed by atoms with E-state index in [0.717, 1.165) is 42.6 Å². The number of nitrogens with zero attached hydrogens (tertiary/aromatic N) is 3. The molecule has 1 aliphatic heterocycles. The zero-order valence-electron chi connectivity index (χ0n) is 14.5. The Hall–Kier alpha value is -1.56. The van der Waals surface area contributed by atoms with Crippen molar-refractivity contribution in [3.8, 4) is 0 Å². The van der Waals surface area contributed by atoms with Gasteiger partial charge >= 0.3 is 6.09 Å². The average molecular weight is 394 g/mol. The van der Waals surface area contributed by atoms with Crippen LogP contribution in [0.5, 0.6) is 0 Å². The monoisotopic (exact) mass is 393 g/mol. The lowest BCUT2D eigenvalue weighted by molar-refractivity contribution is 0.0178. The molecule has 24 heavy (non-hydrogen) atoms. The van der Waals surface area contributed by atoms with E-state index in [4.69, 9.17) is 4.74 Å². The number of hydrogen-bond donors (Lipinski definition) is 0. The summed E-state index contributed by atoms with van der Waals surface area (Å²) in [5.41, 5.74) is 0.729. The molecule has 3 rings (SSSR count). The number of piperidine rings is 1. The van der Waals surface area contributed by atoms with Gasteiger partial charge in [-0.1, -0.05) is 0 Å². The van der Waals surface area contributed by atoms with E-state index in [1.165, 1.54) is 5.39 Å². The Bertz CT molecular complexity index is 727. The average Bonchev–Trinajstić information content (AvgIpc) is 2.88. The van der Waals surface area contributed by atoms with Gasteiger partial charge in [-0.3, -0.25) is 0 Å². The summed E-state index contributed by atoms with van der Waals surface area (Å²) in [4.78, 5) is 18.3. The molecule has 0 unspecified atom stereocenters. The highest BCUT2D eigenvalue weighted by atomic mass is 79.9. The van der Waals surface area contributed by atoms with Crippen LogP contribution in [0, 0.1) is 5.92 Å². The summed E-state index contributed by atoms with van der Waals surface area (Å²) in [6.07, 6.45) is 5.85. The Kier molecular flexibility index (Phi) is 4.85. The van der Waals surface area contributed by atoms with Gasteiger partial charge in [0.15, 0.2) is 0 Å². The van der Waals surface area contributed by atoms with Crippen LogP contribution in [-0.2, 0) is 11.3 Å². The molecule has 1 aliphatic rings. The van der Waals surface area contributed by atoms with Crippen LogP contribution < -0.4 is 0 Å². The van der Waals surface area contributed by atoms with Crippen molar-refractivity contribution < 1.29 is 9.53 Å². The van der Waals surface area contributed by atoms with Crippen LogP contribution in [0.3, 0.4) is 0 Å². The Morgan fingerprint density at radius 1 is 1.38 bits per heavy atom. The highest BCUT2D eigenvalue weighted by molar-refractivity contribution is 9.10. The third-order valence-electron chi connectivity index (χ3n) is 4.35. The van der Waals surface area contributed by atoms with Crippen molar-refractivity contribution in [1.29, 1.82) is 0 Å². The molecule has 1 amide bonds. The molecule has 0 aliphatic carbocycles. The first-order chi connectivity index (χ1) is 11.3. The lowest BCUT2D eigenvalue weighted by atomic mass is 9.97. The molecule has 0 atom stereocenters. The lowest BCUT2D eigenvalue weighted by Gasteiger charge is -2.33. The van der Waals surface area contributed by atoms with Gasteiger partial charge in [0.25, 0.3) is 0 Å². The summed E-state index contributed by atoms with van der Waals surface area (Å²) in [6.45, 7) is 8.21. The van der Waals surface area contributed by atoms with Crippen molar-refractivity contribution in [2.24, 2.45) is 5.92 Å². The van der Waals surface area contributed by atoms with Crippen molar-refractivity contribution in [1.82, 2.24) is 14.5 Å². The number of halogens is 1. The number of fused-ring (bicyclic) bond motifs is 1. The van der Waals surface area contributed by atoms with Crippen molar-refractivity contribution in [2.45, 2.75) is 45.8 Å². The Morgan fingerprint density at radius 2 is 2.08 bits per heavy atom. The van der Waals surface area contributed by atoms with E-state index in [2.05, 4.69) is 37.7 Å².